The minimum atomic E-state index is 0.516. The number of para-hydroxylation sites is 1. The Bertz CT molecular complexity index is 1390. The highest BCUT2D eigenvalue weighted by molar-refractivity contribution is 6.32. The fraction of sp³-hybridized carbons (Fsp3) is 0.0833. The standard InChI is InChI=1S/C24H18Cl2N6/c1-15-6-11-18(27-12-15)13-28-24-22-21(29-14-30-24)23(16-7-9-17(25)10-8-16)32(31-22)20-5-3-2-4-19(20)26/h2-12,14H,13H2,1H3,(H,28,29,30). The predicted octanol–water partition coefficient (Wildman–Crippen LogP) is 6.10. The molecule has 0 fully saturated rings. The van der Waals surface area contributed by atoms with Crippen molar-refractivity contribution in [1.29, 1.82) is 0 Å². The summed E-state index contributed by atoms with van der Waals surface area (Å²) in [5.74, 6) is 0.624. The Hall–Kier alpha value is -3.48. The molecule has 0 aliphatic heterocycles. The number of pyridine rings is 1. The zero-order valence-electron chi connectivity index (χ0n) is 17.1. The zero-order chi connectivity index (χ0) is 22.1. The molecule has 0 spiro atoms. The lowest BCUT2D eigenvalue weighted by atomic mass is 10.1. The van der Waals surface area contributed by atoms with E-state index in [0.717, 1.165) is 28.2 Å². The van der Waals surface area contributed by atoms with Gasteiger partial charge in [0, 0.05) is 16.8 Å². The van der Waals surface area contributed by atoms with Gasteiger partial charge in [-0.1, -0.05) is 53.5 Å². The van der Waals surface area contributed by atoms with Crippen LogP contribution < -0.4 is 5.32 Å². The minimum Gasteiger partial charge on any atom is -0.362 e. The van der Waals surface area contributed by atoms with Gasteiger partial charge in [-0.2, -0.15) is 5.10 Å². The number of anilines is 1. The molecule has 0 unspecified atom stereocenters. The Balaban J connectivity index is 1.65. The molecule has 0 atom stereocenters. The molecule has 0 aliphatic carbocycles. The Kier molecular flexibility index (Phi) is 5.47. The number of hydrogen-bond acceptors (Lipinski definition) is 5. The van der Waals surface area contributed by atoms with E-state index in [1.807, 2.05) is 73.8 Å². The molecule has 158 valence electrons. The summed E-state index contributed by atoms with van der Waals surface area (Å²) in [5, 5.41) is 9.45. The van der Waals surface area contributed by atoms with E-state index < -0.39 is 0 Å². The number of aromatic nitrogens is 5. The van der Waals surface area contributed by atoms with Gasteiger partial charge in [-0.3, -0.25) is 4.98 Å². The van der Waals surface area contributed by atoms with E-state index in [0.29, 0.717) is 33.4 Å². The molecule has 0 amide bonds. The third-order valence-electron chi connectivity index (χ3n) is 5.07. The van der Waals surface area contributed by atoms with E-state index in [1.165, 1.54) is 6.33 Å². The van der Waals surface area contributed by atoms with Gasteiger partial charge in [0.2, 0.25) is 0 Å². The number of fused-ring (bicyclic) bond motifs is 1. The molecule has 8 heteroatoms. The minimum absolute atomic E-state index is 0.516. The predicted molar refractivity (Wildman–Crippen MR) is 128 cm³/mol. The van der Waals surface area contributed by atoms with Gasteiger partial charge in [-0.15, -0.1) is 0 Å². The molecule has 2 aromatic carbocycles. The third-order valence-corrected chi connectivity index (χ3v) is 5.64. The summed E-state index contributed by atoms with van der Waals surface area (Å²) in [6.45, 7) is 2.53. The van der Waals surface area contributed by atoms with Crippen molar-refractivity contribution in [2.45, 2.75) is 13.5 Å². The fourth-order valence-corrected chi connectivity index (χ4v) is 3.81. The Labute approximate surface area is 194 Å². The maximum absolute atomic E-state index is 6.52. The van der Waals surface area contributed by atoms with Crippen LogP contribution in [0.15, 0.2) is 73.2 Å². The highest BCUT2D eigenvalue weighted by atomic mass is 35.5. The smallest absolute Gasteiger partial charge is 0.158 e. The third kappa shape index (κ3) is 3.90. The molecular formula is C24H18Cl2N6. The summed E-state index contributed by atoms with van der Waals surface area (Å²) in [5.41, 5.74) is 5.86. The lowest BCUT2D eigenvalue weighted by molar-refractivity contribution is 0.902. The molecule has 5 rings (SSSR count). The first-order chi connectivity index (χ1) is 15.6. The summed E-state index contributed by atoms with van der Waals surface area (Å²) < 4.78 is 1.81. The number of nitrogens with one attached hydrogen (secondary N) is 1. The van der Waals surface area contributed by atoms with E-state index in [9.17, 15) is 0 Å². The number of nitrogens with zero attached hydrogens (tertiary/aromatic N) is 5. The normalized spacial score (nSPS) is 11.1. The van der Waals surface area contributed by atoms with Gasteiger partial charge in [0.05, 0.1) is 22.9 Å². The van der Waals surface area contributed by atoms with Crippen molar-refractivity contribution in [3.05, 3.63) is 94.5 Å². The van der Waals surface area contributed by atoms with Crippen LogP contribution in [0.4, 0.5) is 5.82 Å². The van der Waals surface area contributed by atoms with Gasteiger partial charge in [-0.25, -0.2) is 14.6 Å². The number of hydrogen-bond donors (Lipinski definition) is 1. The van der Waals surface area contributed by atoms with E-state index in [-0.39, 0.29) is 0 Å². The van der Waals surface area contributed by atoms with E-state index in [2.05, 4.69) is 20.3 Å². The zero-order valence-corrected chi connectivity index (χ0v) is 18.6. The molecule has 5 aromatic rings. The van der Waals surface area contributed by atoms with Crippen molar-refractivity contribution in [1.82, 2.24) is 24.7 Å². The summed E-state index contributed by atoms with van der Waals surface area (Å²) in [6.07, 6.45) is 3.38. The first kappa shape index (κ1) is 20.4. The second-order valence-corrected chi connectivity index (χ2v) is 8.16. The van der Waals surface area contributed by atoms with Gasteiger partial charge in [0.25, 0.3) is 0 Å². The molecule has 32 heavy (non-hydrogen) atoms. The Morgan fingerprint density at radius 2 is 1.69 bits per heavy atom. The largest absolute Gasteiger partial charge is 0.362 e. The van der Waals surface area contributed by atoms with Crippen molar-refractivity contribution in [2.24, 2.45) is 0 Å². The maximum atomic E-state index is 6.52. The first-order valence-electron chi connectivity index (χ1n) is 10.00. The molecule has 3 aromatic heterocycles. The van der Waals surface area contributed by atoms with Crippen molar-refractivity contribution >= 4 is 40.1 Å². The molecule has 0 saturated carbocycles. The summed E-state index contributed by atoms with van der Waals surface area (Å²) in [7, 11) is 0. The average molecular weight is 461 g/mol. The summed E-state index contributed by atoms with van der Waals surface area (Å²) in [4.78, 5) is 13.4. The Morgan fingerprint density at radius 3 is 2.44 bits per heavy atom. The van der Waals surface area contributed by atoms with Crippen molar-refractivity contribution in [2.75, 3.05) is 5.32 Å². The molecule has 0 aliphatic rings. The highest BCUT2D eigenvalue weighted by Crippen LogP contribution is 2.34. The van der Waals surface area contributed by atoms with Gasteiger partial charge < -0.3 is 5.32 Å². The maximum Gasteiger partial charge on any atom is 0.158 e. The number of benzene rings is 2. The molecule has 6 nitrogen and oxygen atoms in total. The van der Waals surface area contributed by atoms with Crippen molar-refractivity contribution in [3.63, 3.8) is 0 Å². The van der Waals surface area contributed by atoms with Crippen LogP contribution in [0.1, 0.15) is 11.3 Å². The number of rotatable bonds is 5. The lowest BCUT2D eigenvalue weighted by Crippen LogP contribution is -2.04. The number of aryl methyl sites for hydroxylation is 1. The second kappa shape index (κ2) is 8.57. The van der Waals surface area contributed by atoms with E-state index in [4.69, 9.17) is 28.3 Å². The van der Waals surface area contributed by atoms with Crippen LogP contribution in [-0.2, 0) is 6.54 Å². The highest BCUT2D eigenvalue weighted by Gasteiger charge is 2.20. The van der Waals surface area contributed by atoms with Gasteiger partial charge in [-0.05, 0) is 42.8 Å². The Morgan fingerprint density at radius 1 is 0.875 bits per heavy atom. The van der Waals surface area contributed by atoms with Crippen LogP contribution in [0.2, 0.25) is 10.0 Å². The van der Waals surface area contributed by atoms with Crippen molar-refractivity contribution in [3.8, 4) is 16.9 Å². The molecular weight excluding hydrogens is 443 g/mol. The van der Waals surface area contributed by atoms with E-state index in [1.54, 1.807) is 4.68 Å². The van der Waals surface area contributed by atoms with Crippen LogP contribution in [0.3, 0.4) is 0 Å². The van der Waals surface area contributed by atoms with Crippen LogP contribution >= 0.6 is 23.2 Å². The fourth-order valence-electron chi connectivity index (χ4n) is 3.47. The molecule has 0 radical (unpaired) electrons. The topological polar surface area (TPSA) is 68.5 Å². The van der Waals surface area contributed by atoms with Crippen LogP contribution in [0, 0.1) is 6.92 Å². The second-order valence-electron chi connectivity index (χ2n) is 7.32. The SMILES string of the molecule is Cc1ccc(CNc2ncnc3c(-c4ccc(Cl)cc4)n(-c4ccccc4Cl)nc23)nc1. The van der Waals surface area contributed by atoms with Gasteiger partial charge in [0.1, 0.15) is 17.5 Å². The van der Waals surface area contributed by atoms with Gasteiger partial charge in [0.15, 0.2) is 11.3 Å². The van der Waals surface area contributed by atoms with Crippen LogP contribution in [0.25, 0.3) is 28.0 Å². The molecule has 0 bridgehead atoms. The van der Waals surface area contributed by atoms with Gasteiger partial charge >= 0.3 is 0 Å². The average Bonchev–Trinajstić information content (AvgIpc) is 3.19. The molecule has 3 heterocycles. The lowest BCUT2D eigenvalue weighted by Gasteiger charge is -2.09. The van der Waals surface area contributed by atoms with E-state index >= 15 is 0 Å². The number of halogens is 2. The monoisotopic (exact) mass is 460 g/mol. The molecule has 0 saturated heterocycles. The quantitative estimate of drug-likeness (QED) is 0.342. The van der Waals surface area contributed by atoms with Crippen LogP contribution in [-0.4, -0.2) is 24.7 Å². The first-order valence-corrected chi connectivity index (χ1v) is 10.8. The summed E-state index contributed by atoms with van der Waals surface area (Å²) in [6, 6.07) is 19.2. The molecule has 1 N–H and O–H groups in total. The summed E-state index contributed by atoms with van der Waals surface area (Å²) >= 11 is 12.6. The van der Waals surface area contributed by atoms with Crippen molar-refractivity contribution < 1.29 is 0 Å². The van der Waals surface area contributed by atoms with Crippen LogP contribution in [0.5, 0.6) is 0 Å².